The fourth-order valence-electron chi connectivity index (χ4n) is 3.19. The molecule has 0 spiro atoms. The number of imidazole rings is 1. The number of anilines is 1. The quantitative estimate of drug-likeness (QED) is 0.682. The van der Waals surface area contributed by atoms with Crippen LogP contribution < -0.4 is 10.4 Å². The van der Waals surface area contributed by atoms with Crippen molar-refractivity contribution in [2.24, 2.45) is 0 Å². The highest BCUT2D eigenvalue weighted by atomic mass is 32.2. The van der Waals surface area contributed by atoms with Crippen LogP contribution in [0.25, 0.3) is 11.0 Å². The van der Waals surface area contributed by atoms with Crippen LogP contribution in [-0.2, 0) is 22.9 Å². The zero-order chi connectivity index (χ0) is 16.7. The molecular formula is C17H17N3O3S. The largest absolute Gasteiger partial charge is 0.323 e. The van der Waals surface area contributed by atoms with E-state index in [2.05, 4.69) is 14.7 Å². The van der Waals surface area contributed by atoms with Gasteiger partial charge in [-0.15, -0.1) is 0 Å². The Morgan fingerprint density at radius 1 is 0.875 bits per heavy atom. The maximum atomic E-state index is 12.6. The first-order valence-corrected chi connectivity index (χ1v) is 9.36. The minimum atomic E-state index is -3.66. The van der Waals surface area contributed by atoms with Gasteiger partial charge in [-0.3, -0.25) is 4.72 Å². The Hall–Kier alpha value is -2.54. The van der Waals surface area contributed by atoms with Gasteiger partial charge in [0, 0.05) is 0 Å². The maximum absolute atomic E-state index is 12.6. The summed E-state index contributed by atoms with van der Waals surface area (Å²) in [6, 6.07) is 10.2. The molecule has 0 saturated carbocycles. The lowest BCUT2D eigenvalue weighted by Gasteiger charge is -2.17. The summed E-state index contributed by atoms with van der Waals surface area (Å²) < 4.78 is 27.9. The number of hydrogen-bond donors (Lipinski definition) is 3. The summed E-state index contributed by atoms with van der Waals surface area (Å²) in [6.45, 7) is 0. The van der Waals surface area contributed by atoms with E-state index in [0.717, 1.165) is 31.2 Å². The molecule has 124 valence electrons. The molecule has 0 unspecified atom stereocenters. The first kappa shape index (κ1) is 15.0. The summed E-state index contributed by atoms with van der Waals surface area (Å²) in [4.78, 5) is 16.8. The van der Waals surface area contributed by atoms with Gasteiger partial charge in [0.1, 0.15) is 0 Å². The molecule has 0 saturated heterocycles. The number of aromatic nitrogens is 2. The van der Waals surface area contributed by atoms with Crippen LogP contribution in [0.3, 0.4) is 0 Å². The van der Waals surface area contributed by atoms with Crippen molar-refractivity contribution in [3.8, 4) is 0 Å². The summed E-state index contributed by atoms with van der Waals surface area (Å²) in [5.41, 5.74) is 3.65. The highest BCUT2D eigenvalue weighted by Crippen LogP contribution is 2.25. The van der Waals surface area contributed by atoms with Crippen molar-refractivity contribution < 1.29 is 8.42 Å². The third-order valence-corrected chi connectivity index (χ3v) is 5.78. The number of fused-ring (bicyclic) bond motifs is 2. The lowest BCUT2D eigenvalue weighted by Crippen LogP contribution is -2.14. The van der Waals surface area contributed by atoms with Gasteiger partial charge in [0.05, 0.1) is 21.6 Å². The van der Waals surface area contributed by atoms with Crippen LogP contribution >= 0.6 is 0 Å². The third kappa shape index (κ3) is 2.71. The Balaban J connectivity index is 1.67. The van der Waals surface area contributed by atoms with Crippen molar-refractivity contribution in [1.82, 2.24) is 9.97 Å². The van der Waals surface area contributed by atoms with Gasteiger partial charge in [-0.1, -0.05) is 6.07 Å². The number of hydrogen-bond acceptors (Lipinski definition) is 3. The normalized spacial score (nSPS) is 14.5. The molecule has 1 aliphatic rings. The first-order chi connectivity index (χ1) is 11.5. The Bertz CT molecular complexity index is 1080. The predicted octanol–water partition coefficient (Wildman–Crippen LogP) is 2.54. The van der Waals surface area contributed by atoms with Gasteiger partial charge in [0.25, 0.3) is 10.0 Å². The van der Waals surface area contributed by atoms with Crippen molar-refractivity contribution in [3.05, 3.63) is 58.0 Å². The maximum Gasteiger partial charge on any atom is 0.323 e. The molecular weight excluding hydrogens is 326 g/mol. The highest BCUT2D eigenvalue weighted by molar-refractivity contribution is 7.92. The van der Waals surface area contributed by atoms with Crippen molar-refractivity contribution in [2.75, 3.05) is 4.72 Å². The van der Waals surface area contributed by atoms with Crippen molar-refractivity contribution >= 4 is 26.7 Å². The summed E-state index contributed by atoms with van der Waals surface area (Å²) in [5.74, 6) is 0. The Morgan fingerprint density at radius 2 is 1.62 bits per heavy atom. The molecule has 0 atom stereocenters. The molecule has 0 fully saturated rings. The predicted molar refractivity (Wildman–Crippen MR) is 92.8 cm³/mol. The molecule has 0 radical (unpaired) electrons. The van der Waals surface area contributed by atoms with E-state index in [1.54, 1.807) is 30.3 Å². The molecule has 0 amide bonds. The molecule has 1 heterocycles. The number of aryl methyl sites for hydroxylation is 2. The molecule has 1 aliphatic carbocycles. The van der Waals surface area contributed by atoms with Gasteiger partial charge in [0.2, 0.25) is 0 Å². The number of nitrogens with one attached hydrogen (secondary N) is 3. The zero-order valence-corrected chi connectivity index (χ0v) is 13.7. The van der Waals surface area contributed by atoms with Crippen LogP contribution in [0.2, 0.25) is 0 Å². The monoisotopic (exact) mass is 343 g/mol. The number of H-pyrrole nitrogens is 2. The van der Waals surface area contributed by atoms with Gasteiger partial charge < -0.3 is 9.97 Å². The van der Waals surface area contributed by atoms with E-state index >= 15 is 0 Å². The number of sulfonamides is 1. The number of benzene rings is 2. The average molecular weight is 343 g/mol. The molecule has 4 rings (SSSR count). The molecule has 1 aromatic heterocycles. The molecule has 6 nitrogen and oxygen atoms in total. The second kappa shape index (κ2) is 5.52. The van der Waals surface area contributed by atoms with Gasteiger partial charge in [0.15, 0.2) is 0 Å². The van der Waals surface area contributed by atoms with E-state index in [0.29, 0.717) is 16.7 Å². The van der Waals surface area contributed by atoms with Gasteiger partial charge in [-0.25, -0.2) is 13.2 Å². The van der Waals surface area contributed by atoms with Gasteiger partial charge in [-0.2, -0.15) is 0 Å². The average Bonchev–Trinajstić information content (AvgIpc) is 2.93. The van der Waals surface area contributed by atoms with E-state index in [9.17, 15) is 13.2 Å². The third-order valence-electron chi connectivity index (χ3n) is 4.40. The summed E-state index contributed by atoms with van der Waals surface area (Å²) in [6.07, 6.45) is 4.20. The van der Waals surface area contributed by atoms with Crippen LogP contribution in [0.4, 0.5) is 5.69 Å². The van der Waals surface area contributed by atoms with E-state index in [-0.39, 0.29) is 10.6 Å². The van der Waals surface area contributed by atoms with Gasteiger partial charge >= 0.3 is 5.69 Å². The minimum absolute atomic E-state index is 0.269. The summed E-state index contributed by atoms with van der Waals surface area (Å²) in [5, 5.41) is 0. The van der Waals surface area contributed by atoms with Crippen LogP contribution in [0.5, 0.6) is 0 Å². The van der Waals surface area contributed by atoms with Crippen LogP contribution in [-0.4, -0.2) is 18.4 Å². The second-order valence-electron chi connectivity index (χ2n) is 6.08. The Morgan fingerprint density at radius 3 is 2.46 bits per heavy atom. The first-order valence-electron chi connectivity index (χ1n) is 7.88. The fraction of sp³-hybridized carbons (Fsp3) is 0.235. The van der Waals surface area contributed by atoms with Crippen molar-refractivity contribution in [3.63, 3.8) is 0 Å². The van der Waals surface area contributed by atoms with E-state index in [4.69, 9.17) is 0 Å². The SMILES string of the molecule is O=c1[nH]c2ccc(NS(=O)(=O)c3ccc4c(c3)CCCC4)cc2[nH]1. The van der Waals surface area contributed by atoms with Crippen LogP contribution in [0, 0.1) is 0 Å². The van der Waals surface area contributed by atoms with E-state index in [1.165, 1.54) is 5.56 Å². The summed E-state index contributed by atoms with van der Waals surface area (Å²) >= 11 is 0. The molecule has 2 aromatic carbocycles. The standard InChI is InChI=1S/C17H17N3O3S/c21-17-18-15-8-6-13(10-16(15)19-17)20-24(22,23)14-7-5-11-3-1-2-4-12(11)9-14/h5-10,20H,1-4H2,(H2,18,19,21). The van der Waals surface area contributed by atoms with Crippen molar-refractivity contribution in [2.45, 2.75) is 30.6 Å². The zero-order valence-electron chi connectivity index (χ0n) is 12.9. The van der Waals surface area contributed by atoms with E-state index < -0.39 is 10.0 Å². The molecule has 0 aliphatic heterocycles. The molecule has 3 N–H and O–H groups in total. The number of rotatable bonds is 3. The minimum Gasteiger partial charge on any atom is -0.306 e. The molecule has 24 heavy (non-hydrogen) atoms. The topological polar surface area (TPSA) is 94.8 Å². The smallest absolute Gasteiger partial charge is 0.306 e. The fourth-order valence-corrected chi connectivity index (χ4v) is 4.29. The van der Waals surface area contributed by atoms with Crippen LogP contribution in [0.1, 0.15) is 24.0 Å². The molecule has 7 heteroatoms. The lowest BCUT2D eigenvalue weighted by atomic mass is 9.92. The lowest BCUT2D eigenvalue weighted by molar-refractivity contribution is 0.600. The summed E-state index contributed by atoms with van der Waals surface area (Å²) in [7, 11) is -3.66. The molecule has 3 aromatic rings. The number of aromatic amines is 2. The molecule has 0 bridgehead atoms. The second-order valence-corrected chi connectivity index (χ2v) is 7.77. The van der Waals surface area contributed by atoms with Crippen LogP contribution in [0.15, 0.2) is 46.1 Å². The highest BCUT2D eigenvalue weighted by Gasteiger charge is 2.18. The Labute approximate surface area is 139 Å². The van der Waals surface area contributed by atoms with Crippen molar-refractivity contribution in [1.29, 1.82) is 0 Å². The van der Waals surface area contributed by atoms with E-state index in [1.807, 2.05) is 6.07 Å². The van der Waals surface area contributed by atoms with Gasteiger partial charge in [-0.05, 0) is 67.1 Å². The Kier molecular flexibility index (Phi) is 3.45.